The number of sulfonamides is 1. The predicted molar refractivity (Wildman–Crippen MR) is 121 cm³/mol. The molecule has 28 heavy (non-hydrogen) atoms. The fraction of sp³-hybridized carbons (Fsp3) is 0.889. The molecule has 0 aliphatic carbocycles. The Morgan fingerprint density at radius 2 is 1.71 bits per heavy atom. The largest absolute Gasteiger partial charge is 0.466 e. The van der Waals surface area contributed by atoms with Crippen LogP contribution in [0.2, 0.25) is 0 Å². The summed E-state index contributed by atoms with van der Waals surface area (Å²) in [6.07, 6.45) is 4.54. The normalized spacial score (nSPS) is 20.5. The number of likely N-dealkylation sites (tertiary alicyclic amines) is 1. The van der Waals surface area contributed by atoms with Gasteiger partial charge in [0.2, 0.25) is 10.0 Å². The zero-order valence-corrected chi connectivity index (χ0v) is 20.4. The van der Waals surface area contributed by atoms with E-state index >= 15 is 0 Å². The Kier molecular flexibility index (Phi) is 11.0. The van der Waals surface area contributed by atoms with Gasteiger partial charge < -0.3 is 15.0 Å². The highest BCUT2D eigenvalue weighted by atomic mass is 127. The minimum Gasteiger partial charge on any atom is -0.466 e. The molecule has 0 saturated carbocycles. The fourth-order valence-corrected chi connectivity index (χ4v) is 4.53. The van der Waals surface area contributed by atoms with E-state index in [0.717, 1.165) is 51.3 Å². The monoisotopic (exact) mass is 530 g/mol. The van der Waals surface area contributed by atoms with Crippen LogP contribution in [0.4, 0.5) is 0 Å². The number of carbonyl (C=O) groups is 1. The summed E-state index contributed by atoms with van der Waals surface area (Å²) in [4.78, 5) is 18.9. The minimum atomic E-state index is -3.08. The SMILES string of the molecule is CCNC(=NCC1CCN(S(C)(=O)=O)CC1)N1CCC(C(=O)OCC)CC1.I. The summed E-state index contributed by atoms with van der Waals surface area (Å²) in [5.41, 5.74) is 0. The van der Waals surface area contributed by atoms with Crippen LogP contribution < -0.4 is 5.32 Å². The maximum Gasteiger partial charge on any atom is 0.309 e. The summed E-state index contributed by atoms with van der Waals surface area (Å²) in [7, 11) is -3.08. The van der Waals surface area contributed by atoms with E-state index in [4.69, 9.17) is 9.73 Å². The van der Waals surface area contributed by atoms with Crippen molar-refractivity contribution in [3.63, 3.8) is 0 Å². The van der Waals surface area contributed by atoms with Crippen LogP contribution in [-0.2, 0) is 19.6 Å². The molecule has 8 nitrogen and oxygen atoms in total. The molecule has 0 unspecified atom stereocenters. The Morgan fingerprint density at radius 1 is 1.11 bits per heavy atom. The summed E-state index contributed by atoms with van der Waals surface area (Å²) >= 11 is 0. The van der Waals surface area contributed by atoms with E-state index < -0.39 is 10.0 Å². The van der Waals surface area contributed by atoms with Crippen LogP contribution in [0, 0.1) is 11.8 Å². The first-order valence-electron chi connectivity index (χ1n) is 10.00. The van der Waals surface area contributed by atoms with Crippen molar-refractivity contribution in [2.75, 3.05) is 52.1 Å². The third-order valence-corrected chi connectivity index (χ3v) is 6.59. The molecule has 2 heterocycles. The summed E-state index contributed by atoms with van der Waals surface area (Å²) in [5.74, 6) is 1.21. The highest BCUT2D eigenvalue weighted by molar-refractivity contribution is 14.0. The van der Waals surface area contributed by atoms with E-state index in [1.54, 1.807) is 4.31 Å². The molecule has 0 amide bonds. The highest BCUT2D eigenvalue weighted by Gasteiger charge is 2.28. The van der Waals surface area contributed by atoms with Crippen LogP contribution in [0.3, 0.4) is 0 Å². The smallest absolute Gasteiger partial charge is 0.309 e. The molecule has 0 radical (unpaired) electrons. The lowest BCUT2D eigenvalue weighted by Crippen LogP contribution is -2.47. The molecule has 0 spiro atoms. The first-order valence-corrected chi connectivity index (χ1v) is 11.8. The number of nitrogens with one attached hydrogen (secondary N) is 1. The number of nitrogens with zero attached hydrogens (tertiary/aromatic N) is 3. The zero-order chi connectivity index (χ0) is 19.9. The predicted octanol–water partition coefficient (Wildman–Crippen LogP) is 1.52. The van der Waals surface area contributed by atoms with Crippen LogP contribution in [0.25, 0.3) is 0 Å². The van der Waals surface area contributed by atoms with Gasteiger partial charge in [0.25, 0.3) is 0 Å². The Balaban J connectivity index is 0.00000392. The minimum absolute atomic E-state index is 0. The number of aliphatic imine (C=N–C) groups is 1. The molecule has 0 bridgehead atoms. The molecule has 0 aromatic rings. The van der Waals surface area contributed by atoms with Gasteiger partial charge in [0.15, 0.2) is 5.96 Å². The van der Waals surface area contributed by atoms with Crippen molar-refractivity contribution in [3.8, 4) is 0 Å². The number of halogens is 1. The standard InChI is InChI=1S/C18H34N4O4S.HI/c1-4-19-18(21-10-8-16(9-11-21)17(23)26-5-2)20-14-15-6-12-22(13-7-15)27(3,24)25;/h15-16H,4-14H2,1-3H3,(H,19,20);1H. The molecule has 2 aliphatic heterocycles. The van der Waals surface area contributed by atoms with Crippen LogP contribution in [0.15, 0.2) is 4.99 Å². The molecule has 2 saturated heterocycles. The molecule has 0 aromatic heterocycles. The van der Waals surface area contributed by atoms with Crippen LogP contribution in [0.1, 0.15) is 39.5 Å². The van der Waals surface area contributed by atoms with Gasteiger partial charge in [-0.2, -0.15) is 0 Å². The number of ether oxygens (including phenoxy) is 1. The van der Waals surface area contributed by atoms with Crippen molar-refractivity contribution >= 4 is 45.9 Å². The summed E-state index contributed by atoms with van der Waals surface area (Å²) < 4.78 is 29.9. The van der Waals surface area contributed by atoms with Gasteiger partial charge in [0, 0.05) is 39.3 Å². The van der Waals surface area contributed by atoms with Crippen molar-refractivity contribution < 1.29 is 17.9 Å². The van der Waals surface area contributed by atoms with Crippen LogP contribution in [-0.4, -0.2) is 81.7 Å². The van der Waals surface area contributed by atoms with Crippen molar-refractivity contribution in [2.24, 2.45) is 16.8 Å². The van der Waals surface area contributed by atoms with Gasteiger partial charge in [-0.3, -0.25) is 9.79 Å². The number of hydrogen-bond donors (Lipinski definition) is 1. The maximum atomic E-state index is 11.9. The average molecular weight is 530 g/mol. The quantitative estimate of drug-likeness (QED) is 0.243. The molecule has 2 aliphatic rings. The lowest BCUT2D eigenvalue weighted by Gasteiger charge is -2.34. The molecule has 164 valence electrons. The Morgan fingerprint density at radius 3 is 2.21 bits per heavy atom. The molecule has 1 N–H and O–H groups in total. The third-order valence-electron chi connectivity index (χ3n) is 5.29. The first-order chi connectivity index (χ1) is 12.8. The van der Waals surface area contributed by atoms with Crippen LogP contribution >= 0.6 is 24.0 Å². The van der Waals surface area contributed by atoms with Gasteiger partial charge in [0.1, 0.15) is 0 Å². The van der Waals surface area contributed by atoms with Gasteiger partial charge in [-0.25, -0.2) is 12.7 Å². The maximum absolute atomic E-state index is 11.9. The number of piperidine rings is 2. The second-order valence-corrected chi connectivity index (χ2v) is 9.30. The van der Waals surface area contributed by atoms with Crippen LogP contribution in [0.5, 0.6) is 0 Å². The summed E-state index contributed by atoms with van der Waals surface area (Å²) in [5, 5.41) is 3.35. The number of esters is 1. The van der Waals surface area contributed by atoms with E-state index in [2.05, 4.69) is 10.2 Å². The number of rotatable bonds is 6. The Hall–Kier alpha value is -0.620. The number of hydrogen-bond acceptors (Lipinski definition) is 5. The molecule has 10 heteroatoms. The van der Waals surface area contributed by atoms with E-state index in [-0.39, 0.29) is 35.9 Å². The van der Waals surface area contributed by atoms with Crippen molar-refractivity contribution in [1.82, 2.24) is 14.5 Å². The van der Waals surface area contributed by atoms with Gasteiger partial charge in [0.05, 0.1) is 18.8 Å². The molecule has 0 aromatic carbocycles. The fourth-order valence-electron chi connectivity index (χ4n) is 3.65. The topological polar surface area (TPSA) is 91.3 Å². The van der Waals surface area contributed by atoms with Gasteiger partial charge in [-0.1, -0.05) is 0 Å². The summed E-state index contributed by atoms with van der Waals surface area (Å²) in [6.45, 7) is 8.57. The van der Waals surface area contributed by atoms with E-state index in [1.807, 2.05) is 13.8 Å². The molecule has 2 rings (SSSR count). The van der Waals surface area contributed by atoms with Gasteiger partial charge in [-0.15, -0.1) is 24.0 Å². The second kappa shape index (κ2) is 12.2. The third kappa shape index (κ3) is 7.66. The molecule has 2 fully saturated rings. The number of carbonyl (C=O) groups excluding carboxylic acids is 1. The van der Waals surface area contributed by atoms with E-state index in [1.165, 1.54) is 6.26 Å². The van der Waals surface area contributed by atoms with E-state index in [0.29, 0.717) is 32.2 Å². The molecular formula is C18H35IN4O4S. The molecular weight excluding hydrogens is 495 g/mol. The van der Waals surface area contributed by atoms with E-state index in [9.17, 15) is 13.2 Å². The summed E-state index contributed by atoms with van der Waals surface area (Å²) in [6, 6.07) is 0. The Bertz CT molecular complexity index is 613. The average Bonchev–Trinajstić information content (AvgIpc) is 2.65. The van der Waals surface area contributed by atoms with Gasteiger partial charge in [-0.05, 0) is 45.4 Å². The molecule has 0 atom stereocenters. The Labute approximate surface area is 186 Å². The van der Waals surface area contributed by atoms with Crippen molar-refractivity contribution in [3.05, 3.63) is 0 Å². The lowest BCUT2D eigenvalue weighted by atomic mass is 9.97. The highest BCUT2D eigenvalue weighted by Crippen LogP contribution is 2.21. The van der Waals surface area contributed by atoms with Crippen molar-refractivity contribution in [1.29, 1.82) is 0 Å². The lowest BCUT2D eigenvalue weighted by molar-refractivity contribution is -0.149. The van der Waals surface area contributed by atoms with Gasteiger partial charge >= 0.3 is 5.97 Å². The van der Waals surface area contributed by atoms with Crippen molar-refractivity contribution in [2.45, 2.75) is 39.5 Å². The first kappa shape index (κ1) is 25.4. The zero-order valence-electron chi connectivity index (χ0n) is 17.2. The second-order valence-electron chi connectivity index (χ2n) is 7.31. The number of guanidine groups is 1.